The highest BCUT2D eigenvalue weighted by atomic mass is 16.5. The Hall–Kier alpha value is -2.90. The quantitative estimate of drug-likeness (QED) is 0.779. The summed E-state index contributed by atoms with van der Waals surface area (Å²) in [5.41, 5.74) is 1.74. The summed E-state index contributed by atoms with van der Waals surface area (Å²) in [5.74, 6) is 0.223. The molecule has 1 aliphatic heterocycles. The third kappa shape index (κ3) is 2.81. The summed E-state index contributed by atoms with van der Waals surface area (Å²) >= 11 is 0. The monoisotopic (exact) mass is 355 g/mol. The summed E-state index contributed by atoms with van der Waals surface area (Å²) in [6.45, 7) is 4.61. The first-order chi connectivity index (χ1) is 12.5. The van der Waals surface area contributed by atoms with Crippen LogP contribution in [0.4, 0.5) is 0 Å². The molecule has 0 radical (unpaired) electrons. The first kappa shape index (κ1) is 16.6. The Balaban J connectivity index is 1.69. The van der Waals surface area contributed by atoms with Crippen molar-refractivity contribution in [3.05, 3.63) is 51.9 Å². The zero-order valence-corrected chi connectivity index (χ0v) is 14.8. The molecule has 1 amide bonds. The molecule has 3 aromatic heterocycles. The second kappa shape index (κ2) is 6.44. The number of carbonyl (C=O) groups excluding carboxylic acids is 1. The molecule has 0 aliphatic carbocycles. The molecule has 26 heavy (non-hydrogen) atoms. The highest BCUT2D eigenvalue weighted by Crippen LogP contribution is 2.31. The van der Waals surface area contributed by atoms with Crippen molar-refractivity contribution in [2.45, 2.75) is 45.1 Å². The molecule has 0 unspecified atom stereocenters. The highest BCUT2D eigenvalue weighted by Gasteiger charge is 2.32. The van der Waals surface area contributed by atoms with E-state index >= 15 is 0 Å². The minimum Gasteiger partial charge on any atom is -0.351 e. The Labute approximate surface area is 149 Å². The maximum absolute atomic E-state index is 13.0. The van der Waals surface area contributed by atoms with E-state index in [4.69, 9.17) is 4.52 Å². The standard InChI is InChI=1S/C18H21N5O3/c1-11(2)12-9-15(26-21-12)18(25)22-8-4-3-5-14(22)13-10-17(24)23-16(20-13)6-7-19-23/h6-7,9-11,14,19H,3-5,8H2,1-2H3/t14-/m1/s1. The number of amides is 1. The molecule has 4 heterocycles. The summed E-state index contributed by atoms with van der Waals surface area (Å²) in [5, 5.41) is 6.81. The summed E-state index contributed by atoms with van der Waals surface area (Å²) in [7, 11) is 0. The smallest absolute Gasteiger partial charge is 0.293 e. The van der Waals surface area contributed by atoms with Crippen molar-refractivity contribution in [3.63, 3.8) is 0 Å². The number of aromatic amines is 1. The van der Waals surface area contributed by atoms with Gasteiger partial charge in [0.1, 0.15) is 0 Å². The van der Waals surface area contributed by atoms with Crippen molar-refractivity contribution >= 4 is 11.6 Å². The number of rotatable bonds is 3. The van der Waals surface area contributed by atoms with Gasteiger partial charge in [-0.1, -0.05) is 19.0 Å². The largest absolute Gasteiger partial charge is 0.351 e. The predicted molar refractivity (Wildman–Crippen MR) is 94.0 cm³/mol. The molecule has 1 atom stereocenters. The molecule has 0 bridgehead atoms. The lowest BCUT2D eigenvalue weighted by Gasteiger charge is -2.34. The number of fused-ring (bicyclic) bond motifs is 1. The summed E-state index contributed by atoms with van der Waals surface area (Å²) in [6, 6.07) is 4.71. The lowest BCUT2D eigenvalue weighted by molar-refractivity contribution is 0.0563. The van der Waals surface area contributed by atoms with Crippen LogP contribution in [0.3, 0.4) is 0 Å². The zero-order valence-electron chi connectivity index (χ0n) is 14.8. The minimum atomic E-state index is -0.239. The number of aromatic nitrogens is 4. The molecule has 1 saturated heterocycles. The van der Waals surface area contributed by atoms with Gasteiger partial charge in [-0.2, -0.15) is 0 Å². The molecule has 136 valence electrons. The van der Waals surface area contributed by atoms with E-state index in [0.717, 1.165) is 25.0 Å². The van der Waals surface area contributed by atoms with Gasteiger partial charge < -0.3 is 9.42 Å². The van der Waals surface area contributed by atoms with Crippen molar-refractivity contribution in [2.75, 3.05) is 6.54 Å². The van der Waals surface area contributed by atoms with Gasteiger partial charge >= 0.3 is 0 Å². The van der Waals surface area contributed by atoms with Gasteiger partial charge in [0.05, 0.1) is 17.4 Å². The Morgan fingerprint density at radius 1 is 1.35 bits per heavy atom. The van der Waals surface area contributed by atoms with Crippen molar-refractivity contribution in [1.82, 2.24) is 24.7 Å². The van der Waals surface area contributed by atoms with E-state index < -0.39 is 0 Å². The van der Waals surface area contributed by atoms with Crippen LogP contribution in [0.25, 0.3) is 5.65 Å². The first-order valence-corrected chi connectivity index (χ1v) is 8.89. The van der Waals surface area contributed by atoms with Crippen LogP contribution in [0.1, 0.15) is 67.0 Å². The molecule has 3 aromatic rings. The Morgan fingerprint density at radius 2 is 2.19 bits per heavy atom. The topological polar surface area (TPSA) is 96.5 Å². The van der Waals surface area contributed by atoms with Gasteiger partial charge in [-0.25, -0.2) is 9.50 Å². The average molecular weight is 355 g/mol. The van der Waals surface area contributed by atoms with Crippen LogP contribution in [-0.2, 0) is 0 Å². The van der Waals surface area contributed by atoms with E-state index in [-0.39, 0.29) is 29.2 Å². The summed E-state index contributed by atoms with van der Waals surface area (Å²) in [4.78, 5) is 31.6. The average Bonchev–Trinajstić information content (AvgIpc) is 3.30. The first-order valence-electron chi connectivity index (χ1n) is 8.89. The third-order valence-electron chi connectivity index (χ3n) is 4.84. The Kier molecular flexibility index (Phi) is 4.10. The van der Waals surface area contributed by atoms with Gasteiger partial charge in [0.25, 0.3) is 11.5 Å². The molecular formula is C18H21N5O3. The van der Waals surface area contributed by atoms with E-state index in [2.05, 4.69) is 15.2 Å². The van der Waals surface area contributed by atoms with Crippen molar-refractivity contribution in [3.8, 4) is 0 Å². The summed E-state index contributed by atoms with van der Waals surface area (Å²) in [6.07, 6.45) is 4.33. The highest BCUT2D eigenvalue weighted by molar-refractivity contribution is 5.91. The minimum absolute atomic E-state index is 0.185. The van der Waals surface area contributed by atoms with Crippen molar-refractivity contribution in [2.24, 2.45) is 0 Å². The van der Waals surface area contributed by atoms with Gasteiger partial charge in [-0.05, 0) is 25.2 Å². The molecule has 4 rings (SSSR count). The molecule has 8 heteroatoms. The fourth-order valence-corrected chi connectivity index (χ4v) is 3.40. The second-order valence-corrected chi connectivity index (χ2v) is 6.96. The normalized spacial score (nSPS) is 18.0. The van der Waals surface area contributed by atoms with E-state index in [0.29, 0.717) is 17.9 Å². The number of nitrogens with one attached hydrogen (secondary N) is 1. The Bertz CT molecular complexity index is 1000. The lowest BCUT2D eigenvalue weighted by atomic mass is 9.98. The zero-order chi connectivity index (χ0) is 18.3. The molecule has 8 nitrogen and oxygen atoms in total. The van der Waals surface area contributed by atoms with Gasteiger partial charge in [-0.3, -0.25) is 14.7 Å². The van der Waals surface area contributed by atoms with Crippen LogP contribution in [-0.4, -0.2) is 37.1 Å². The van der Waals surface area contributed by atoms with Gasteiger partial charge in [0, 0.05) is 30.9 Å². The number of nitrogens with zero attached hydrogens (tertiary/aromatic N) is 4. The van der Waals surface area contributed by atoms with E-state index in [1.165, 1.54) is 10.6 Å². The van der Waals surface area contributed by atoms with Crippen LogP contribution in [0, 0.1) is 0 Å². The molecule has 1 fully saturated rings. The molecule has 0 saturated carbocycles. The number of likely N-dealkylation sites (tertiary alicyclic amines) is 1. The van der Waals surface area contributed by atoms with Crippen molar-refractivity contribution in [1.29, 1.82) is 0 Å². The van der Waals surface area contributed by atoms with Gasteiger partial charge in [-0.15, -0.1) is 0 Å². The van der Waals surface area contributed by atoms with Crippen LogP contribution in [0.2, 0.25) is 0 Å². The fraction of sp³-hybridized carbons (Fsp3) is 0.444. The summed E-state index contributed by atoms with van der Waals surface area (Å²) < 4.78 is 6.65. The van der Waals surface area contributed by atoms with E-state index in [9.17, 15) is 9.59 Å². The van der Waals surface area contributed by atoms with Gasteiger partial charge in [0.15, 0.2) is 5.65 Å². The SMILES string of the molecule is CC(C)c1cc(C(=O)N2CCCC[C@@H]2c2cc(=O)n3[nH]ccc3n2)on1. The lowest BCUT2D eigenvalue weighted by Crippen LogP contribution is -2.39. The molecule has 1 N–H and O–H groups in total. The third-order valence-corrected chi connectivity index (χ3v) is 4.84. The fourth-order valence-electron chi connectivity index (χ4n) is 3.40. The molecule has 1 aliphatic rings. The molecule has 0 spiro atoms. The number of carbonyl (C=O) groups is 1. The van der Waals surface area contributed by atoms with Crippen LogP contribution in [0.5, 0.6) is 0 Å². The van der Waals surface area contributed by atoms with Gasteiger partial charge in [0.2, 0.25) is 5.76 Å². The maximum atomic E-state index is 13.0. The molecular weight excluding hydrogens is 334 g/mol. The second-order valence-electron chi connectivity index (χ2n) is 6.96. The molecule has 0 aromatic carbocycles. The number of hydrogen-bond donors (Lipinski definition) is 1. The van der Waals surface area contributed by atoms with E-state index in [1.54, 1.807) is 23.2 Å². The van der Waals surface area contributed by atoms with E-state index in [1.807, 2.05) is 13.8 Å². The number of hydrogen-bond acceptors (Lipinski definition) is 5. The maximum Gasteiger partial charge on any atom is 0.293 e. The number of H-pyrrole nitrogens is 1. The van der Waals surface area contributed by atoms with Crippen LogP contribution >= 0.6 is 0 Å². The number of piperidine rings is 1. The van der Waals surface area contributed by atoms with Crippen LogP contribution in [0.15, 0.2) is 33.7 Å². The Morgan fingerprint density at radius 3 is 2.96 bits per heavy atom. The van der Waals surface area contributed by atoms with Crippen molar-refractivity contribution < 1.29 is 9.32 Å². The van der Waals surface area contributed by atoms with Crippen LogP contribution < -0.4 is 5.56 Å². The predicted octanol–water partition coefficient (Wildman–Crippen LogP) is 2.50.